The minimum absolute atomic E-state index is 0.00298. The number of allylic oxidation sites excluding steroid dienone is 2. The van der Waals surface area contributed by atoms with Gasteiger partial charge in [0.05, 0.1) is 0 Å². The highest BCUT2D eigenvalue weighted by molar-refractivity contribution is 5.97. The molecule has 2 amide bonds. The Balaban J connectivity index is 1.90. The molecule has 0 radical (unpaired) electrons. The lowest BCUT2D eigenvalue weighted by atomic mass is 9.99. The molecular weight excluding hydrogens is 296 g/mol. The van der Waals surface area contributed by atoms with Gasteiger partial charge in [0.2, 0.25) is 5.91 Å². The van der Waals surface area contributed by atoms with Crippen LogP contribution in [0.1, 0.15) is 36.0 Å². The molecule has 2 rings (SSSR count). The molecule has 0 aliphatic heterocycles. The number of benzene rings is 1. The standard InChI is InChI=1S/C17H20N2O4/c20-15(21)11-18-16(22)13-7-9-14(10-8-13)19-17(23)12-5-3-1-2-4-6-12/h1-2,7-10,12H,3-6,11H2,(H,18,22)(H,19,23)(H,20,21). The van der Waals surface area contributed by atoms with E-state index in [-0.39, 0.29) is 11.8 Å². The summed E-state index contributed by atoms with van der Waals surface area (Å²) in [6, 6.07) is 6.40. The largest absolute Gasteiger partial charge is 0.480 e. The Kier molecular flexibility index (Phi) is 5.91. The molecule has 1 aromatic rings. The number of rotatable bonds is 5. The van der Waals surface area contributed by atoms with Crippen LogP contribution in [0.4, 0.5) is 5.69 Å². The maximum Gasteiger partial charge on any atom is 0.322 e. The predicted molar refractivity (Wildman–Crippen MR) is 86.1 cm³/mol. The Hall–Kier alpha value is -2.63. The fraction of sp³-hybridized carbons (Fsp3) is 0.353. The van der Waals surface area contributed by atoms with Crippen LogP contribution >= 0.6 is 0 Å². The van der Waals surface area contributed by atoms with Crippen molar-refractivity contribution in [2.75, 3.05) is 11.9 Å². The summed E-state index contributed by atoms with van der Waals surface area (Å²) in [5, 5.41) is 13.7. The third-order valence-corrected chi connectivity index (χ3v) is 3.72. The number of anilines is 1. The van der Waals surface area contributed by atoms with Crippen molar-refractivity contribution in [2.45, 2.75) is 25.7 Å². The zero-order chi connectivity index (χ0) is 16.7. The van der Waals surface area contributed by atoms with Crippen molar-refractivity contribution in [1.29, 1.82) is 0 Å². The van der Waals surface area contributed by atoms with E-state index in [1.165, 1.54) is 0 Å². The summed E-state index contributed by atoms with van der Waals surface area (Å²) in [6.45, 7) is -0.424. The van der Waals surface area contributed by atoms with Crippen LogP contribution in [0.2, 0.25) is 0 Å². The highest BCUT2D eigenvalue weighted by atomic mass is 16.4. The van der Waals surface area contributed by atoms with Gasteiger partial charge in [-0.15, -0.1) is 0 Å². The third-order valence-electron chi connectivity index (χ3n) is 3.72. The lowest BCUT2D eigenvalue weighted by molar-refractivity contribution is -0.135. The fourth-order valence-electron chi connectivity index (χ4n) is 2.44. The molecule has 23 heavy (non-hydrogen) atoms. The van der Waals surface area contributed by atoms with Crippen LogP contribution in [0.15, 0.2) is 36.4 Å². The number of nitrogens with one attached hydrogen (secondary N) is 2. The highest BCUT2D eigenvalue weighted by Crippen LogP contribution is 2.20. The first-order chi connectivity index (χ1) is 11.1. The van der Waals surface area contributed by atoms with Gasteiger partial charge in [0.25, 0.3) is 5.91 Å². The van der Waals surface area contributed by atoms with Crippen molar-refractivity contribution < 1.29 is 19.5 Å². The Morgan fingerprint density at radius 1 is 1.04 bits per heavy atom. The maximum absolute atomic E-state index is 12.2. The average Bonchev–Trinajstić information content (AvgIpc) is 2.82. The van der Waals surface area contributed by atoms with Crippen molar-refractivity contribution in [3.8, 4) is 0 Å². The first kappa shape index (κ1) is 16.7. The van der Waals surface area contributed by atoms with Gasteiger partial charge in [-0.3, -0.25) is 14.4 Å². The molecule has 1 aliphatic rings. The molecule has 3 N–H and O–H groups in total. The topological polar surface area (TPSA) is 95.5 Å². The quantitative estimate of drug-likeness (QED) is 0.726. The molecule has 1 aliphatic carbocycles. The monoisotopic (exact) mass is 316 g/mol. The molecule has 6 nitrogen and oxygen atoms in total. The van der Waals surface area contributed by atoms with E-state index in [1.54, 1.807) is 24.3 Å². The van der Waals surface area contributed by atoms with Gasteiger partial charge in [-0.1, -0.05) is 12.2 Å². The van der Waals surface area contributed by atoms with Crippen LogP contribution in [0, 0.1) is 5.92 Å². The van der Waals surface area contributed by atoms with E-state index >= 15 is 0 Å². The average molecular weight is 316 g/mol. The lowest BCUT2D eigenvalue weighted by Gasteiger charge is -2.14. The second kappa shape index (κ2) is 8.12. The van der Waals surface area contributed by atoms with E-state index in [9.17, 15) is 14.4 Å². The van der Waals surface area contributed by atoms with E-state index in [1.807, 2.05) is 0 Å². The summed E-state index contributed by atoms with van der Waals surface area (Å²) in [4.78, 5) is 34.4. The molecule has 0 atom stereocenters. The number of aliphatic carboxylic acids is 1. The summed E-state index contributed by atoms with van der Waals surface area (Å²) in [7, 11) is 0. The van der Waals surface area contributed by atoms with Gasteiger partial charge in [-0.2, -0.15) is 0 Å². The molecule has 122 valence electrons. The zero-order valence-corrected chi connectivity index (χ0v) is 12.7. The highest BCUT2D eigenvalue weighted by Gasteiger charge is 2.18. The molecule has 0 spiro atoms. The molecule has 0 bridgehead atoms. The van der Waals surface area contributed by atoms with Crippen LogP contribution in [-0.4, -0.2) is 29.4 Å². The van der Waals surface area contributed by atoms with Gasteiger partial charge < -0.3 is 15.7 Å². The molecule has 6 heteroatoms. The molecule has 1 aromatic carbocycles. The zero-order valence-electron chi connectivity index (χ0n) is 12.7. The van der Waals surface area contributed by atoms with E-state index in [0.717, 1.165) is 25.7 Å². The van der Waals surface area contributed by atoms with Gasteiger partial charge >= 0.3 is 5.97 Å². The Morgan fingerprint density at radius 2 is 1.65 bits per heavy atom. The van der Waals surface area contributed by atoms with E-state index in [0.29, 0.717) is 11.3 Å². The predicted octanol–water partition coefficient (Wildman–Crippen LogP) is 2.19. The normalized spacial score (nSPS) is 14.8. The smallest absolute Gasteiger partial charge is 0.322 e. The minimum atomic E-state index is -1.10. The van der Waals surface area contributed by atoms with Crippen LogP contribution in [0.5, 0.6) is 0 Å². The Bertz CT molecular complexity index is 598. The van der Waals surface area contributed by atoms with E-state index in [2.05, 4.69) is 22.8 Å². The third kappa shape index (κ3) is 5.25. The van der Waals surface area contributed by atoms with Gasteiger partial charge in [-0.25, -0.2) is 0 Å². The van der Waals surface area contributed by atoms with Gasteiger partial charge in [0.15, 0.2) is 0 Å². The summed E-state index contributed by atoms with van der Waals surface area (Å²) in [5.41, 5.74) is 0.977. The van der Waals surface area contributed by atoms with Crippen molar-refractivity contribution in [2.24, 2.45) is 5.92 Å². The van der Waals surface area contributed by atoms with Crippen LogP contribution in [-0.2, 0) is 9.59 Å². The first-order valence-electron chi connectivity index (χ1n) is 7.62. The molecule has 0 saturated heterocycles. The second-order valence-corrected chi connectivity index (χ2v) is 5.47. The van der Waals surface area contributed by atoms with Crippen LogP contribution < -0.4 is 10.6 Å². The van der Waals surface area contributed by atoms with Crippen LogP contribution in [0.3, 0.4) is 0 Å². The molecule has 0 heterocycles. The fourth-order valence-corrected chi connectivity index (χ4v) is 2.44. The summed E-state index contributed by atoms with van der Waals surface area (Å²) < 4.78 is 0. The number of carboxylic acid groups (broad SMARTS) is 1. The number of carbonyl (C=O) groups is 3. The molecule has 0 saturated carbocycles. The first-order valence-corrected chi connectivity index (χ1v) is 7.62. The summed E-state index contributed by atoms with van der Waals surface area (Å²) >= 11 is 0. The van der Waals surface area contributed by atoms with Crippen molar-refractivity contribution in [1.82, 2.24) is 5.32 Å². The van der Waals surface area contributed by atoms with Gasteiger partial charge in [0, 0.05) is 17.2 Å². The number of carbonyl (C=O) groups excluding carboxylic acids is 2. The molecule has 0 unspecified atom stereocenters. The Labute approximate surface area is 134 Å². The SMILES string of the molecule is O=C(O)CNC(=O)c1ccc(NC(=O)C2CCC=CCC2)cc1. The minimum Gasteiger partial charge on any atom is -0.480 e. The van der Waals surface area contributed by atoms with Crippen molar-refractivity contribution in [3.63, 3.8) is 0 Å². The summed E-state index contributed by atoms with van der Waals surface area (Å²) in [5.74, 6) is -1.56. The molecular formula is C17H20N2O4. The van der Waals surface area contributed by atoms with Crippen LogP contribution in [0.25, 0.3) is 0 Å². The number of amides is 2. The number of carboxylic acids is 1. The van der Waals surface area contributed by atoms with E-state index in [4.69, 9.17) is 5.11 Å². The maximum atomic E-state index is 12.2. The second-order valence-electron chi connectivity index (χ2n) is 5.47. The van der Waals surface area contributed by atoms with E-state index < -0.39 is 18.4 Å². The number of hydrogen-bond donors (Lipinski definition) is 3. The summed E-state index contributed by atoms with van der Waals surface area (Å²) in [6.07, 6.45) is 7.74. The van der Waals surface area contributed by atoms with Gasteiger partial charge in [0.1, 0.15) is 6.54 Å². The molecule has 0 aromatic heterocycles. The van der Waals surface area contributed by atoms with Crippen molar-refractivity contribution in [3.05, 3.63) is 42.0 Å². The lowest BCUT2D eigenvalue weighted by Crippen LogP contribution is -2.29. The van der Waals surface area contributed by atoms with Crippen molar-refractivity contribution >= 4 is 23.5 Å². The number of hydrogen-bond acceptors (Lipinski definition) is 3. The molecule has 0 fully saturated rings. The Morgan fingerprint density at radius 3 is 2.22 bits per heavy atom. The van der Waals surface area contributed by atoms with Gasteiger partial charge in [-0.05, 0) is 49.9 Å².